The topological polar surface area (TPSA) is 75.6 Å². The van der Waals surface area contributed by atoms with E-state index in [1.807, 2.05) is 0 Å². The number of ether oxygens (including phenoxy) is 1. The van der Waals surface area contributed by atoms with E-state index in [9.17, 15) is 9.59 Å². The Morgan fingerprint density at radius 1 is 1.47 bits per heavy atom. The molecule has 1 aliphatic rings. The number of carboxylic acid groups (broad SMARTS) is 1. The molecule has 0 saturated heterocycles. The molecular weight excluding hydrogens is 270 g/mol. The Hall–Kier alpha value is -1.75. The van der Waals surface area contributed by atoms with Crippen LogP contribution in [0.1, 0.15) is 12.0 Å². The number of hydrogen-bond acceptors (Lipinski definition) is 3. The van der Waals surface area contributed by atoms with Crippen LogP contribution in [-0.4, -0.2) is 24.1 Å². The van der Waals surface area contributed by atoms with Gasteiger partial charge in [0, 0.05) is 17.1 Å². The molecule has 6 heteroatoms. The van der Waals surface area contributed by atoms with Crippen molar-refractivity contribution in [2.24, 2.45) is 11.8 Å². The summed E-state index contributed by atoms with van der Waals surface area (Å²) in [4.78, 5) is 22.4. The zero-order chi connectivity index (χ0) is 14.0. The van der Waals surface area contributed by atoms with Gasteiger partial charge < -0.3 is 15.2 Å². The second kappa shape index (κ2) is 5.48. The van der Waals surface area contributed by atoms with E-state index in [4.69, 9.17) is 21.4 Å². The van der Waals surface area contributed by atoms with E-state index < -0.39 is 17.8 Å². The van der Waals surface area contributed by atoms with Crippen molar-refractivity contribution in [3.05, 3.63) is 28.8 Å². The minimum Gasteiger partial charge on any atom is -0.496 e. The van der Waals surface area contributed by atoms with E-state index in [1.165, 1.54) is 7.11 Å². The van der Waals surface area contributed by atoms with Gasteiger partial charge in [0.25, 0.3) is 0 Å². The second-order valence-electron chi connectivity index (χ2n) is 4.46. The molecule has 0 aromatic heterocycles. The smallest absolute Gasteiger partial charge is 0.307 e. The number of rotatable bonds is 5. The van der Waals surface area contributed by atoms with Gasteiger partial charge in [-0.15, -0.1) is 0 Å². The number of benzene rings is 1. The fourth-order valence-corrected chi connectivity index (χ4v) is 2.15. The first-order valence-corrected chi connectivity index (χ1v) is 6.23. The van der Waals surface area contributed by atoms with E-state index >= 15 is 0 Å². The summed E-state index contributed by atoms with van der Waals surface area (Å²) in [7, 11) is 1.54. The lowest BCUT2D eigenvalue weighted by Gasteiger charge is -2.10. The molecule has 1 amide bonds. The summed E-state index contributed by atoms with van der Waals surface area (Å²) in [6, 6.07) is 5.14. The van der Waals surface area contributed by atoms with Crippen LogP contribution in [-0.2, 0) is 16.1 Å². The van der Waals surface area contributed by atoms with Gasteiger partial charge in [0.05, 0.1) is 18.9 Å². The third-order valence-electron chi connectivity index (χ3n) is 3.14. The highest BCUT2D eigenvalue weighted by Gasteiger charge is 2.48. The third-order valence-corrected chi connectivity index (χ3v) is 3.38. The Morgan fingerprint density at radius 3 is 2.79 bits per heavy atom. The molecule has 2 atom stereocenters. The number of amides is 1. The summed E-state index contributed by atoms with van der Waals surface area (Å²) >= 11 is 5.88. The van der Waals surface area contributed by atoms with Crippen LogP contribution >= 0.6 is 11.6 Å². The normalized spacial score (nSPS) is 20.7. The van der Waals surface area contributed by atoms with Crippen LogP contribution < -0.4 is 10.1 Å². The first kappa shape index (κ1) is 13.7. The molecule has 1 aromatic carbocycles. The number of aliphatic carboxylic acids is 1. The number of carbonyl (C=O) groups is 2. The predicted octanol–water partition coefficient (Wildman–Crippen LogP) is 1.69. The van der Waals surface area contributed by atoms with E-state index in [0.29, 0.717) is 17.2 Å². The van der Waals surface area contributed by atoms with Crippen LogP contribution in [0.15, 0.2) is 18.2 Å². The van der Waals surface area contributed by atoms with Crippen LogP contribution in [0.4, 0.5) is 0 Å². The molecule has 5 nitrogen and oxygen atoms in total. The zero-order valence-electron chi connectivity index (χ0n) is 10.4. The fraction of sp³-hybridized carbons (Fsp3) is 0.385. The van der Waals surface area contributed by atoms with Gasteiger partial charge in [0.2, 0.25) is 5.91 Å². The summed E-state index contributed by atoms with van der Waals surface area (Å²) in [6.07, 6.45) is 0.411. The van der Waals surface area contributed by atoms with Gasteiger partial charge in [-0.1, -0.05) is 11.6 Å². The Bertz CT molecular complexity index is 517. The van der Waals surface area contributed by atoms with Crippen molar-refractivity contribution in [2.75, 3.05) is 7.11 Å². The van der Waals surface area contributed by atoms with Gasteiger partial charge in [0.15, 0.2) is 0 Å². The lowest BCUT2D eigenvalue weighted by Crippen LogP contribution is -2.26. The predicted molar refractivity (Wildman–Crippen MR) is 69.1 cm³/mol. The highest BCUT2D eigenvalue weighted by molar-refractivity contribution is 6.30. The van der Waals surface area contributed by atoms with Crippen molar-refractivity contribution in [2.45, 2.75) is 13.0 Å². The lowest BCUT2D eigenvalue weighted by molar-refractivity contribution is -0.140. The van der Waals surface area contributed by atoms with Gasteiger partial charge >= 0.3 is 5.97 Å². The molecule has 0 heterocycles. The summed E-state index contributed by atoms with van der Waals surface area (Å²) in [5.74, 6) is -1.48. The van der Waals surface area contributed by atoms with E-state index in [0.717, 1.165) is 5.56 Å². The number of carbonyl (C=O) groups excluding carboxylic acids is 1. The number of halogens is 1. The molecule has 1 aromatic rings. The average Bonchev–Trinajstić information content (AvgIpc) is 3.16. The Kier molecular flexibility index (Phi) is 3.95. The molecule has 1 saturated carbocycles. The van der Waals surface area contributed by atoms with Gasteiger partial charge in [-0.25, -0.2) is 0 Å². The number of nitrogens with one attached hydrogen (secondary N) is 1. The van der Waals surface area contributed by atoms with Gasteiger partial charge in [-0.3, -0.25) is 9.59 Å². The first-order valence-electron chi connectivity index (χ1n) is 5.86. The molecule has 19 heavy (non-hydrogen) atoms. The monoisotopic (exact) mass is 283 g/mol. The molecule has 102 valence electrons. The number of hydrogen-bond donors (Lipinski definition) is 2. The first-order chi connectivity index (χ1) is 9.02. The molecule has 0 bridgehead atoms. The average molecular weight is 284 g/mol. The Balaban J connectivity index is 1.94. The van der Waals surface area contributed by atoms with Crippen LogP contribution in [0, 0.1) is 11.8 Å². The standard InChI is InChI=1S/C13H14ClNO4/c1-19-11-3-2-8(14)4-7(11)6-15-12(16)9-5-10(9)13(17)18/h2-4,9-10H,5-6H2,1H3,(H,15,16)(H,17,18)/t9-,10+/m0/s1. The number of methoxy groups -OCH3 is 1. The van der Waals surface area contributed by atoms with Crippen LogP contribution in [0.25, 0.3) is 0 Å². The van der Waals surface area contributed by atoms with Crippen LogP contribution in [0.3, 0.4) is 0 Å². The molecule has 1 aliphatic carbocycles. The van der Waals surface area contributed by atoms with Crippen LogP contribution in [0.2, 0.25) is 5.02 Å². The quantitative estimate of drug-likeness (QED) is 0.862. The Morgan fingerprint density at radius 2 is 2.21 bits per heavy atom. The lowest BCUT2D eigenvalue weighted by atomic mass is 10.2. The van der Waals surface area contributed by atoms with Crippen molar-refractivity contribution >= 4 is 23.5 Å². The maximum Gasteiger partial charge on any atom is 0.307 e. The molecule has 1 fully saturated rings. The van der Waals surface area contributed by atoms with Crippen molar-refractivity contribution < 1.29 is 19.4 Å². The van der Waals surface area contributed by atoms with Crippen molar-refractivity contribution in [3.63, 3.8) is 0 Å². The molecule has 0 radical (unpaired) electrons. The van der Waals surface area contributed by atoms with Crippen molar-refractivity contribution in [1.82, 2.24) is 5.32 Å². The summed E-state index contributed by atoms with van der Waals surface area (Å²) < 4.78 is 5.16. The molecule has 2 N–H and O–H groups in total. The summed E-state index contributed by atoms with van der Waals surface area (Å²) in [5, 5.41) is 12.0. The van der Waals surface area contributed by atoms with E-state index in [2.05, 4.69) is 5.32 Å². The van der Waals surface area contributed by atoms with Gasteiger partial charge in [0.1, 0.15) is 5.75 Å². The molecular formula is C13H14ClNO4. The van der Waals surface area contributed by atoms with Gasteiger partial charge in [-0.2, -0.15) is 0 Å². The number of carboxylic acids is 1. The van der Waals surface area contributed by atoms with Crippen LogP contribution in [0.5, 0.6) is 5.75 Å². The minimum absolute atomic E-state index is 0.241. The summed E-state index contributed by atoms with van der Waals surface area (Å²) in [5.41, 5.74) is 0.760. The molecule has 2 rings (SSSR count). The maximum absolute atomic E-state index is 11.7. The molecule has 0 spiro atoms. The SMILES string of the molecule is COc1ccc(Cl)cc1CNC(=O)[C@H]1C[C@H]1C(=O)O. The largest absolute Gasteiger partial charge is 0.496 e. The molecule has 0 unspecified atom stereocenters. The van der Waals surface area contributed by atoms with Gasteiger partial charge in [-0.05, 0) is 24.6 Å². The highest BCUT2D eigenvalue weighted by Crippen LogP contribution is 2.38. The summed E-state index contributed by atoms with van der Waals surface area (Å²) in [6.45, 7) is 0.269. The highest BCUT2D eigenvalue weighted by atomic mass is 35.5. The fourth-order valence-electron chi connectivity index (χ4n) is 1.96. The van der Waals surface area contributed by atoms with Crippen molar-refractivity contribution in [3.8, 4) is 5.75 Å². The second-order valence-corrected chi connectivity index (χ2v) is 4.90. The minimum atomic E-state index is -0.916. The maximum atomic E-state index is 11.7. The third kappa shape index (κ3) is 3.17. The molecule has 0 aliphatic heterocycles. The van der Waals surface area contributed by atoms with E-state index in [1.54, 1.807) is 18.2 Å². The van der Waals surface area contributed by atoms with Crippen molar-refractivity contribution in [1.29, 1.82) is 0 Å². The Labute approximate surface area is 115 Å². The zero-order valence-corrected chi connectivity index (χ0v) is 11.1. The van der Waals surface area contributed by atoms with E-state index in [-0.39, 0.29) is 12.5 Å².